The van der Waals surface area contributed by atoms with E-state index in [0.29, 0.717) is 10.7 Å². The molecular formula is C25H18ClN5O3S. The fraction of sp³-hybridized carbons (Fsp3) is 0.0800. The summed E-state index contributed by atoms with van der Waals surface area (Å²) in [4.78, 5) is 22.6. The molecule has 0 amide bonds. The molecule has 0 N–H and O–H groups in total. The third kappa shape index (κ3) is 4.09. The van der Waals surface area contributed by atoms with E-state index in [1.165, 1.54) is 29.8 Å². The average molecular weight is 504 g/mol. The summed E-state index contributed by atoms with van der Waals surface area (Å²) < 4.78 is 0. The summed E-state index contributed by atoms with van der Waals surface area (Å²) in [5.41, 5.74) is 2.34. The van der Waals surface area contributed by atoms with E-state index in [4.69, 9.17) is 16.7 Å². The van der Waals surface area contributed by atoms with Gasteiger partial charge in [-0.2, -0.15) is 10.2 Å². The van der Waals surface area contributed by atoms with Crippen molar-refractivity contribution in [3.8, 4) is 0 Å². The minimum Gasteiger partial charge on any atom is -0.292 e. The summed E-state index contributed by atoms with van der Waals surface area (Å²) in [6.45, 7) is 1.42. The first kappa shape index (κ1) is 22.8. The molecule has 0 aromatic heterocycles. The number of Topliss-reactive ketones (excluding diaryl/α,β-unsaturated/α-hetero) is 1. The first-order valence-electron chi connectivity index (χ1n) is 10.6. The van der Waals surface area contributed by atoms with Crippen LogP contribution in [0.3, 0.4) is 0 Å². The number of anilines is 2. The van der Waals surface area contributed by atoms with Crippen molar-refractivity contribution < 1.29 is 9.72 Å². The molecule has 8 nitrogen and oxygen atoms in total. The number of allylic oxidation sites excluding steroid dienone is 1. The number of ketones is 1. The van der Waals surface area contributed by atoms with E-state index in [9.17, 15) is 14.9 Å². The molecule has 2 aliphatic heterocycles. The molecule has 10 heteroatoms. The van der Waals surface area contributed by atoms with E-state index in [2.05, 4.69) is 5.10 Å². The molecule has 3 aromatic carbocycles. The lowest BCUT2D eigenvalue weighted by Gasteiger charge is -2.43. The topological polar surface area (TPSA) is 91.4 Å². The van der Waals surface area contributed by atoms with E-state index in [-0.39, 0.29) is 22.2 Å². The van der Waals surface area contributed by atoms with Crippen LogP contribution in [0.5, 0.6) is 0 Å². The molecule has 0 aliphatic carbocycles. The van der Waals surface area contributed by atoms with Gasteiger partial charge in [0.1, 0.15) is 5.69 Å². The van der Waals surface area contributed by atoms with Crippen molar-refractivity contribution in [3.63, 3.8) is 0 Å². The Morgan fingerprint density at radius 2 is 1.66 bits per heavy atom. The Morgan fingerprint density at radius 3 is 2.34 bits per heavy atom. The van der Waals surface area contributed by atoms with E-state index in [1.807, 2.05) is 54.6 Å². The highest BCUT2D eigenvalue weighted by Crippen LogP contribution is 2.49. The number of hydrogen-bond donors (Lipinski definition) is 0. The van der Waals surface area contributed by atoms with Crippen LogP contribution >= 0.6 is 23.4 Å². The number of nitrogens with zero attached hydrogens (tertiary/aromatic N) is 5. The van der Waals surface area contributed by atoms with Crippen molar-refractivity contribution in [1.29, 1.82) is 0 Å². The van der Waals surface area contributed by atoms with Crippen LogP contribution in [-0.4, -0.2) is 26.5 Å². The smallest absolute Gasteiger partial charge is 0.292 e. The van der Waals surface area contributed by atoms with Gasteiger partial charge in [-0.15, -0.1) is 0 Å². The van der Waals surface area contributed by atoms with E-state index in [1.54, 1.807) is 35.3 Å². The van der Waals surface area contributed by atoms with Gasteiger partial charge < -0.3 is 0 Å². The van der Waals surface area contributed by atoms with Gasteiger partial charge >= 0.3 is 0 Å². The van der Waals surface area contributed by atoms with Crippen LogP contribution in [0.1, 0.15) is 12.5 Å². The lowest BCUT2D eigenvalue weighted by Crippen LogP contribution is -2.54. The lowest BCUT2D eigenvalue weighted by atomic mass is 10.1. The molecule has 1 atom stereocenters. The van der Waals surface area contributed by atoms with E-state index >= 15 is 0 Å². The van der Waals surface area contributed by atoms with Crippen molar-refractivity contribution in [2.75, 3.05) is 10.0 Å². The SMILES string of the molecule is CC(=O)C1=NN(c2ccccc2[N+](=O)[O-])[C@@]2(C=CC(c3ccc(Cl)cc3)=NN2c2ccccc2)S1. The van der Waals surface area contributed by atoms with Gasteiger partial charge in [0.05, 0.1) is 16.3 Å². The summed E-state index contributed by atoms with van der Waals surface area (Å²) in [7, 11) is 0. The predicted molar refractivity (Wildman–Crippen MR) is 140 cm³/mol. The molecule has 5 rings (SSSR count). The molecule has 2 heterocycles. The normalized spacial score (nSPS) is 19.0. The van der Waals surface area contributed by atoms with Gasteiger partial charge in [0.15, 0.2) is 10.8 Å². The molecule has 0 fully saturated rings. The number of para-hydroxylation sites is 3. The Labute approximate surface area is 210 Å². The van der Waals surface area contributed by atoms with E-state index in [0.717, 1.165) is 11.3 Å². The first-order valence-corrected chi connectivity index (χ1v) is 11.8. The number of halogens is 1. The minimum atomic E-state index is -1.19. The molecule has 0 saturated heterocycles. The molecule has 3 aromatic rings. The number of benzene rings is 3. The summed E-state index contributed by atoms with van der Waals surface area (Å²) in [5.74, 6) is -0.246. The molecule has 0 radical (unpaired) electrons. The van der Waals surface area contributed by atoms with Crippen molar-refractivity contribution in [2.45, 2.75) is 11.9 Å². The standard InChI is InChI=1S/C25H18ClN5O3S/c1-17(32)24-28-30(22-9-5-6-10-23(22)31(33)34)25(35-24)16-15-21(18-11-13-19(26)14-12-18)27-29(25)20-7-3-2-4-8-20/h2-16H,1H3/t25-/m0/s1. The van der Waals surface area contributed by atoms with Gasteiger partial charge in [0.2, 0.25) is 4.99 Å². The zero-order chi connectivity index (χ0) is 24.6. The Kier molecular flexibility index (Phi) is 5.88. The zero-order valence-corrected chi connectivity index (χ0v) is 20.0. The van der Waals surface area contributed by atoms with Gasteiger partial charge in [-0.05, 0) is 54.2 Å². The summed E-state index contributed by atoms with van der Waals surface area (Å²) >= 11 is 7.25. The molecule has 1 spiro atoms. The monoisotopic (exact) mass is 503 g/mol. The van der Waals surface area contributed by atoms with Gasteiger partial charge in [-0.3, -0.25) is 14.9 Å². The summed E-state index contributed by atoms with van der Waals surface area (Å²) in [6, 6.07) is 23.0. The number of rotatable bonds is 5. The average Bonchev–Trinajstić information content (AvgIpc) is 3.25. The van der Waals surface area contributed by atoms with Crippen molar-refractivity contribution in [2.24, 2.45) is 10.2 Å². The highest BCUT2D eigenvalue weighted by molar-refractivity contribution is 8.17. The number of hydrazone groups is 2. The number of hydrogen-bond acceptors (Lipinski definition) is 8. The Bertz CT molecular complexity index is 1410. The Hall–Kier alpha value is -3.95. The third-order valence-corrected chi connectivity index (χ3v) is 7.06. The van der Waals surface area contributed by atoms with Crippen molar-refractivity contribution in [1.82, 2.24) is 0 Å². The molecular weight excluding hydrogens is 486 g/mol. The van der Waals surface area contributed by atoms with Crippen LogP contribution in [0, 0.1) is 10.1 Å². The fourth-order valence-corrected chi connectivity index (χ4v) is 5.10. The van der Waals surface area contributed by atoms with E-state index < -0.39 is 9.92 Å². The molecule has 0 bridgehead atoms. The van der Waals surface area contributed by atoms with Crippen molar-refractivity contribution >= 4 is 57.0 Å². The molecule has 174 valence electrons. The second-order valence-electron chi connectivity index (χ2n) is 7.75. The van der Waals surface area contributed by atoms with Crippen LogP contribution in [0.4, 0.5) is 17.1 Å². The van der Waals surface area contributed by atoms with Gasteiger partial charge in [0, 0.05) is 23.6 Å². The maximum Gasteiger partial charge on any atom is 0.294 e. The predicted octanol–water partition coefficient (Wildman–Crippen LogP) is 5.84. The zero-order valence-electron chi connectivity index (χ0n) is 18.4. The van der Waals surface area contributed by atoms with Gasteiger partial charge in [0.25, 0.3) is 5.69 Å². The number of nitro benzene ring substituents is 1. The molecule has 2 aliphatic rings. The Morgan fingerprint density at radius 1 is 0.971 bits per heavy atom. The van der Waals surface area contributed by atoms with Crippen LogP contribution in [0.2, 0.25) is 5.02 Å². The van der Waals surface area contributed by atoms with Crippen LogP contribution < -0.4 is 10.0 Å². The maximum atomic E-state index is 12.4. The van der Waals surface area contributed by atoms with Crippen molar-refractivity contribution in [3.05, 3.63) is 112 Å². The fourth-order valence-electron chi connectivity index (χ4n) is 3.83. The quantitative estimate of drug-likeness (QED) is 0.321. The summed E-state index contributed by atoms with van der Waals surface area (Å²) in [6.07, 6.45) is 3.69. The molecule has 35 heavy (non-hydrogen) atoms. The second-order valence-corrected chi connectivity index (χ2v) is 9.38. The third-order valence-electron chi connectivity index (χ3n) is 5.46. The highest BCUT2D eigenvalue weighted by atomic mass is 35.5. The molecule has 0 saturated carbocycles. The molecule has 0 unspecified atom stereocenters. The van der Waals surface area contributed by atoms with Crippen LogP contribution in [-0.2, 0) is 4.79 Å². The number of carbonyl (C=O) groups excluding carboxylic acids is 1. The van der Waals surface area contributed by atoms with Crippen LogP contribution in [0.25, 0.3) is 0 Å². The largest absolute Gasteiger partial charge is 0.294 e. The van der Waals surface area contributed by atoms with Crippen LogP contribution in [0.15, 0.2) is 101 Å². The number of carbonyl (C=O) groups is 1. The highest BCUT2D eigenvalue weighted by Gasteiger charge is 2.52. The van der Waals surface area contributed by atoms with Gasteiger partial charge in [-0.1, -0.05) is 54.1 Å². The number of nitro groups is 1. The summed E-state index contributed by atoms with van der Waals surface area (Å²) in [5, 5.41) is 25.4. The Balaban J connectivity index is 1.71. The lowest BCUT2D eigenvalue weighted by molar-refractivity contribution is -0.384. The minimum absolute atomic E-state index is 0.130. The number of thioether (sulfide) groups is 1. The first-order chi connectivity index (χ1) is 16.9. The second kappa shape index (κ2) is 9.01. The van der Waals surface area contributed by atoms with Gasteiger partial charge in [-0.25, -0.2) is 10.0 Å². The maximum absolute atomic E-state index is 12.4.